The van der Waals surface area contributed by atoms with Crippen LogP contribution in [0, 0.1) is 12.8 Å². The predicted molar refractivity (Wildman–Crippen MR) is 81.8 cm³/mol. The summed E-state index contributed by atoms with van der Waals surface area (Å²) in [5, 5.41) is 1.16. The van der Waals surface area contributed by atoms with Crippen molar-refractivity contribution in [2.45, 2.75) is 33.1 Å². The Balaban J connectivity index is 2.03. The molecule has 0 amide bonds. The molecule has 1 aliphatic heterocycles. The first kappa shape index (κ1) is 12.7. The standard InChI is InChI=1S/C14H20N4S/c1-3-10-5-4-6-18(8-10)12-11-7-9(2)19-13(11)17-14(15)16-12/h7,10H,3-6,8H2,1-2H3,(H2,15,16,17). The van der Waals surface area contributed by atoms with Gasteiger partial charge in [0.05, 0.1) is 5.39 Å². The number of aromatic nitrogens is 2. The van der Waals surface area contributed by atoms with Gasteiger partial charge in [0.15, 0.2) is 0 Å². The van der Waals surface area contributed by atoms with E-state index in [9.17, 15) is 0 Å². The molecule has 0 aliphatic carbocycles. The van der Waals surface area contributed by atoms with E-state index in [1.54, 1.807) is 11.3 Å². The molecule has 102 valence electrons. The van der Waals surface area contributed by atoms with Crippen molar-refractivity contribution in [3.8, 4) is 0 Å². The average Bonchev–Trinajstić information content (AvgIpc) is 2.78. The van der Waals surface area contributed by atoms with Gasteiger partial charge in [-0.25, -0.2) is 4.98 Å². The van der Waals surface area contributed by atoms with Crippen molar-refractivity contribution >= 4 is 33.3 Å². The smallest absolute Gasteiger partial charge is 0.223 e. The van der Waals surface area contributed by atoms with E-state index in [4.69, 9.17) is 5.73 Å². The summed E-state index contributed by atoms with van der Waals surface area (Å²) >= 11 is 1.69. The van der Waals surface area contributed by atoms with E-state index in [0.29, 0.717) is 5.95 Å². The molecule has 0 radical (unpaired) electrons. The lowest BCUT2D eigenvalue weighted by atomic mass is 9.95. The third-order valence-electron chi connectivity index (χ3n) is 3.91. The van der Waals surface area contributed by atoms with Crippen molar-refractivity contribution in [1.82, 2.24) is 9.97 Å². The third kappa shape index (κ3) is 2.39. The van der Waals surface area contributed by atoms with Gasteiger partial charge in [0, 0.05) is 18.0 Å². The Labute approximate surface area is 117 Å². The fourth-order valence-electron chi connectivity index (χ4n) is 2.87. The van der Waals surface area contributed by atoms with Crippen LogP contribution in [-0.4, -0.2) is 23.1 Å². The highest BCUT2D eigenvalue weighted by Gasteiger charge is 2.22. The first-order valence-corrected chi connectivity index (χ1v) is 7.77. The minimum atomic E-state index is 0.392. The van der Waals surface area contributed by atoms with Crippen LogP contribution >= 0.6 is 11.3 Å². The third-order valence-corrected chi connectivity index (χ3v) is 4.85. The average molecular weight is 276 g/mol. The number of anilines is 2. The monoisotopic (exact) mass is 276 g/mol. The molecule has 3 heterocycles. The number of thiophene rings is 1. The van der Waals surface area contributed by atoms with Crippen molar-refractivity contribution in [2.24, 2.45) is 5.92 Å². The van der Waals surface area contributed by atoms with Crippen molar-refractivity contribution in [3.63, 3.8) is 0 Å². The molecule has 1 aliphatic rings. The molecule has 1 fully saturated rings. The number of fused-ring (bicyclic) bond motifs is 1. The second kappa shape index (κ2) is 4.96. The fourth-order valence-corrected chi connectivity index (χ4v) is 3.76. The minimum Gasteiger partial charge on any atom is -0.368 e. The number of nitrogens with two attached hydrogens (primary N) is 1. The summed E-state index contributed by atoms with van der Waals surface area (Å²) in [6, 6.07) is 2.18. The van der Waals surface area contributed by atoms with Gasteiger partial charge in [-0.05, 0) is 31.7 Å². The molecule has 4 nitrogen and oxygen atoms in total. The van der Waals surface area contributed by atoms with Crippen LogP contribution in [0.25, 0.3) is 10.2 Å². The van der Waals surface area contributed by atoms with E-state index in [2.05, 4.69) is 34.8 Å². The van der Waals surface area contributed by atoms with Gasteiger partial charge in [-0.15, -0.1) is 11.3 Å². The van der Waals surface area contributed by atoms with E-state index < -0.39 is 0 Å². The fraction of sp³-hybridized carbons (Fsp3) is 0.571. The van der Waals surface area contributed by atoms with Gasteiger partial charge in [-0.1, -0.05) is 13.3 Å². The van der Waals surface area contributed by atoms with Crippen LogP contribution in [0.3, 0.4) is 0 Å². The van der Waals surface area contributed by atoms with Crippen LogP contribution in [0.5, 0.6) is 0 Å². The number of hydrogen-bond acceptors (Lipinski definition) is 5. The summed E-state index contributed by atoms with van der Waals surface area (Å²) in [4.78, 5) is 13.5. The quantitative estimate of drug-likeness (QED) is 0.915. The Morgan fingerprint density at radius 2 is 2.32 bits per heavy atom. The van der Waals surface area contributed by atoms with Gasteiger partial charge in [0.1, 0.15) is 10.6 Å². The Bertz CT molecular complexity index is 592. The highest BCUT2D eigenvalue weighted by atomic mass is 32.1. The predicted octanol–water partition coefficient (Wildman–Crippen LogP) is 3.21. The number of rotatable bonds is 2. The maximum atomic E-state index is 5.87. The largest absolute Gasteiger partial charge is 0.368 e. The number of hydrogen-bond donors (Lipinski definition) is 1. The molecule has 5 heteroatoms. The number of aryl methyl sites for hydroxylation is 1. The summed E-state index contributed by atoms with van der Waals surface area (Å²) < 4.78 is 0. The molecule has 1 atom stereocenters. The molecule has 0 spiro atoms. The van der Waals surface area contributed by atoms with Crippen molar-refractivity contribution in [1.29, 1.82) is 0 Å². The van der Waals surface area contributed by atoms with E-state index >= 15 is 0 Å². The van der Waals surface area contributed by atoms with E-state index in [1.807, 2.05) is 0 Å². The number of nitrogen functional groups attached to an aromatic ring is 1. The molecule has 2 aromatic rings. The molecule has 1 saturated heterocycles. The summed E-state index contributed by atoms with van der Waals surface area (Å²) in [6.45, 7) is 6.55. The molecule has 2 N–H and O–H groups in total. The first-order chi connectivity index (χ1) is 9.17. The van der Waals surface area contributed by atoms with Gasteiger partial charge in [0.25, 0.3) is 0 Å². The van der Waals surface area contributed by atoms with Gasteiger partial charge in [-0.3, -0.25) is 0 Å². The molecule has 0 bridgehead atoms. The molecule has 0 saturated carbocycles. The zero-order valence-electron chi connectivity index (χ0n) is 11.5. The Kier molecular flexibility index (Phi) is 3.31. The van der Waals surface area contributed by atoms with Crippen LogP contribution in [0.2, 0.25) is 0 Å². The van der Waals surface area contributed by atoms with E-state index in [-0.39, 0.29) is 0 Å². The Morgan fingerprint density at radius 3 is 3.11 bits per heavy atom. The maximum Gasteiger partial charge on any atom is 0.223 e. The number of piperidine rings is 1. The Morgan fingerprint density at radius 1 is 1.47 bits per heavy atom. The maximum absolute atomic E-state index is 5.87. The lowest BCUT2D eigenvalue weighted by Gasteiger charge is -2.33. The van der Waals surface area contributed by atoms with Gasteiger partial charge in [-0.2, -0.15) is 4.98 Å². The normalized spacial score (nSPS) is 20.1. The molecule has 2 aromatic heterocycles. The molecule has 0 aromatic carbocycles. The van der Waals surface area contributed by atoms with Gasteiger partial charge < -0.3 is 10.6 Å². The van der Waals surface area contributed by atoms with Gasteiger partial charge in [0.2, 0.25) is 5.95 Å². The van der Waals surface area contributed by atoms with Crippen molar-refractivity contribution in [3.05, 3.63) is 10.9 Å². The van der Waals surface area contributed by atoms with Crippen molar-refractivity contribution < 1.29 is 0 Å². The van der Waals surface area contributed by atoms with Crippen LogP contribution < -0.4 is 10.6 Å². The summed E-state index contributed by atoms with van der Waals surface area (Å²) in [6.07, 6.45) is 3.81. The minimum absolute atomic E-state index is 0.392. The van der Waals surface area contributed by atoms with E-state index in [1.165, 1.54) is 24.1 Å². The first-order valence-electron chi connectivity index (χ1n) is 6.96. The van der Waals surface area contributed by atoms with Crippen LogP contribution in [0.15, 0.2) is 6.07 Å². The topological polar surface area (TPSA) is 55.0 Å². The second-order valence-electron chi connectivity index (χ2n) is 5.34. The van der Waals surface area contributed by atoms with Crippen LogP contribution in [0.4, 0.5) is 11.8 Å². The molecular weight excluding hydrogens is 256 g/mol. The molecular formula is C14H20N4S. The molecule has 3 rings (SSSR count). The molecule has 19 heavy (non-hydrogen) atoms. The van der Waals surface area contributed by atoms with Crippen LogP contribution in [-0.2, 0) is 0 Å². The van der Waals surface area contributed by atoms with E-state index in [0.717, 1.165) is 35.0 Å². The lowest BCUT2D eigenvalue weighted by molar-refractivity contribution is 0.403. The second-order valence-corrected chi connectivity index (χ2v) is 6.58. The lowest BCUT2D eigenvalue weighted by Crippen LogP contribution is -2.36. The highest BCUT2D eigenvalue weighted by molar-refractivity contribution is 7.18. The summed E-state index contributed by atoms with van der Waals surface area (Å²) in [7, 11) is 0. The van der Waals surface area contributed by atoms with Crippen LogP contribution in [0.1, 0.15) is 31.1 Å². The molecule has 1 unspecified atom stereocenters. The Hall–Kier alpha value is -1.36. The zero-order chi connectivity index (χ0) is 13.4. The van der Waals surface area contributed by atoms with Gasteiger partial charge >= 0.3 is 0 Å². The number of nitrogens with zero attached hydrogens (tertiary/aromatic N) is 3. The SMILES string of the molecule is CCC1CCCN(c2nc(N)nc3sc(C)cc23)C1. The summed E-state index contributed by atoms with van der Waals surface area (Å²) in [5.41, 5.74) is 5.87. The highest BCUT2D eigenvalue weighted by Crippen LogP contribution is 2.33. The summed E-state index contributed by atoms with van der Waals surface area (Å²) in [5.74, 6) is 2.20. The zero-order valence-corrected chi connectivity index (χ0v) is 12.3. The van der Waals surface area contributed by atoms with Crippen molar-refractivity contribution in [2.75, 3.05) is 23.7 Å².